The molecule has 1 aromatic carbocycles. The normalized spacial score (nSPS) is 15.0. The van der Waals surface area contributed by atoms with E-state index in [9.17, 15) is 0 Å². The number of allylic oxidation sites excluding steroid dienone is 2. The molecule has 0 aliphatic heterocycles. The minimum Gasteiger partial charge on any atom is -0.323 e. The zero-order chi connectivity index (χ0) is 15.8. The maximum atomic E-state index is 6.45. The predicted molar refractivity (Wildman–Crippen MR) is 91.8 cm³/mol. The van der Waals surface area contributed by atoms with E-state index in [1.165, 1.54) is 18.4 Å². The highest BCUT2D eigenvalue weighted by molar-refractivity contribution is 6.38. The minimum atomic E-state index is 0.623. The van der Waals surface area contributed by atoms with E-state index in [4.69, 9.17) is 11.6 Å². The first-order valence-electron chi connectivity index (χ1n) is 7.71. The number of anilines is 2. The number of fused-ring (bicyclic) bond motifs is 1. The van der Waals surface area contributed by atoms with Crippen LogP contribution in [0.2, 0.25) is 5.02 Å². The second-order valence-electron chi connectivity index (χ2n) is 5.74. The van der Waals surface area contributed by atoms with Gasteiger partial charge < -0.3 is 5.32 Å². The number of nitrogens with zero attached hydrogens (tertiary/aromatic N) is 4. The monoisotopic (exact) mass is 328 g/mol. The van der Waals surface area contributed by atoms with Crippen LogP contribution in [-0.4, -0.2) is 25.0 Å². The molecular formula is C16H17ClN6. The summed E-state index contributed by atoms with van der Waals surface area (Å²) >= 11 is 6.45. The molecule has 0 saturated carbocycles. The Morgan fingerprint density at radius 3 is 3.04 bits per heavy atom. The number of aryl methyl sites for hydroxylation is 1. The summed E-state index contributed by atoms with van der Waals surface area (Å²) < 4.78 is 1.75. The highest BCUT2D eigenvalue weighted by atomic mass is 35.5. The van der Waals surface area contributed by atoms with Crippen molar-refractivity contribution < 1.29 is 0 Å². The molecule has 0 bridgehead atoms. The summed E-state index contributed by atoms with van der Waals surface area (Å²) in [5.74, 6) is 1.48. The number of hydrogen-bond donors (Lipinski definition) is 2. The molecule has 0 fully saturated rings. The third-order valence-corrected chi connectivity index (χ3v) is 4.55. The van der Waals surface area contributed by atoms with E-state index in [-0.39, 0.29) is 0 Å². The van der Waals surface area contributed by atoms with Crippen LogP contribution in [0.25, 0.3) is 16.5 Å². The average molecular weight is 329 g/mol. The molecule has 1 aliphatic carbocycles. The van der Waals surface area contributed by atoms with E-state index in [1.807, 2.05) is 19.2 Å². The van der Waals surface area contributed by atoms with Gasteiger partial charge in [0.05, 0.1) is 22.4 Å². The van der Waals surface area contributed by atoms with Gasteiger partial charge in [0.2, 0.25) is 5.95 Å². The van der Waals surface area contributed by atoms with Crippen LogP contribution in [0, 0.1) is 0 Å². The zero-order valence-electron chi connectivity index (χ0n) is 12.8. The van der Waals surface area contributed by atoms with Crippen LogP contribution in [-0.2, 0) is 7.05 Å². The van der Waals surface area contributed by atoms with Crippen molar-refractivity contribution in [2.75, 3.05) is 5.32 Å². The predicted octanol–water partition coefficient (Wildman–Crippen LogP) is 4.05. The maximum absolute atomic E-state index is 6.45. The lowest BCUT2D eigenvalue weighted by Crippen LogP contribution is -2.00. The Balaban J connectivity index is 1.66. The lowest BCUT2D eigenvalue weighted by molar-refractivity contribution is 0.728. The lowest BCUT2D eigenvalue weighted by atomic mass is 9.99. The first-order valence-corrected chi connectivity index (χ1v) is 8.09. The number of H-pyrrole nitrogens is 1. The standard InChI is InChI=1S/C16H17ClN6/c1-23-16(20-15(22-23)10-5-3-2-4-6-10)19-13-8-7-12-11(14(13)17)9-18-21-12/h5,7-9H,2-4,6H2,1H3,(H,18,21)(H,19,20,22). The van der Waals surface area contributed by atoms with E-state index in [2.05, 4.69) is 31.7 Å². The Kier molecular flexibility index (Phi) is 3.53. The Hall–Kier alpha value is -2.34. The Bertz CT molecular complexity index is 891. The number of nitrogens with one attached hydrogen (secondary N) is 2. The van der Waals surface area contributed by atoms with E-state index in [0.29, 0.717) is 11.0 Å². The summed E-state index contributed by atoms with van der Waals surface area (Å²) in [4.78, 5) is 4.63. The van der Waals surface area contributed by atoms with Crippen LogP contribution >= 0.6 is 11.6 Å². The van der Waals surface area contributed by atoms with Gasteiger partial charge in [-0.25, -0.2) is 4.68 Å². The van der Waals surface area contributed by atoms with E-state index < -0.39 is 0 Å². The summed E-state index contributed by atoms with van der Waals surface area (Å²) in [6.07, 6.45) is 8.58. The van der Waals surface area contributed by atoms with Crippen LogP contribution < -0.4 is 5.32 Å². The fourth-order valence-electron chi connectivity index (χ4n) is 2.87. The largest absolute Gasteiger partial charge is 0.323 e. The van der Waals surface area contributed by atoms with Crippen molar-refractivity contribution in [3.63, 3.8) is 0 Å². The van der Waals surface area contributed by atoms with Crippen molar-refractivity contribution in [2.45, 2.75) is 25.7 Å². The quantitative estimate of drug-likeness (QED) is 0.761. The third kappa shape index (κ3) is 2.59. The van der Waals surface area contributed by atoms with Gasteiger partial charge in [-0.3, -0.25) is 5.10 Å². The van der Waals surface area contributed by atoms with Crippen molar-refractivity contribution in [1.82, 2.24) is 25.0 Å². The van der Waals surface area contributed by atoms with Gasteiger partial charge in [0.1, 0.15) is 0 Å². The number of hydrogen-bond acceptors (Lipinski definition) is 4. The Labute approximate surface area is 138 Å². The van der Waals surface area contributed by atoms with Crippen molar-refractivity contribution in [2.24, 2.45) is 7.05 Å². The molecule has 0 spiro atoms. The molecule has 118 valence electrons. The van der Waals surface area contributed by atoms with Gasteiger partial charge in [0, 0.05) is 12.4 Å². The van der Waals surface area contributed by atoms with Gasteiger partial charge in [-0.1, -0.05) is 17.7 Å². The van der Waals surface area contributed by atoms with E-state index in [0.717, 1.165) is 35.3 Å². The fraction of sp³-hybridized carbons (Fsp3) is 0.312. The van der Waals surface area contributed by atoms with Crippen LogP contribution in [0.3, 0.4) is 0 Å². The molecule has 6 nitrogen and oxygen atoms in total. The molecule has 2 aromatic heterocycles. The van der Waals surface area contributed by atoms with Crippen molar-refractivity contribution in [1.29, 1.82) is 0 Å². The number of aromatic amines is 1. The molecule has 0 radical (unpaired) electrons. The molecule has 7 heteroatoms. The van der Waals surface area contributed by atoms with Gasteiger partial charge >= 0.3 is 0 Å². The Morgan fingerprint density at radius 1 is 1.30 bits per heavy atom. The SMILES string of the molecule is Cn1nc(C2=CCCCC2)nc1Nc1ccc2[nH]ncc2c1Cl. The Morgan fingerprint density at radius 2 is 2.22 bits per heavy atom. The molecular weight excluding hydrogens is 312 g/mol. The van der Waals surface area contributed by atoms with Crippen LogP contribution in [0.15, 0.2) is 24.4 Å². The first-order chi connectivity index (χ1) is 11.2. The maximum Gasteiger partial charge on any atom is 0.225 e. The van der Waals surface area contributed by atoms with E-state index in [1.54, 1.807) is 10.9 Å². The van der Waals surface area contributed by atoms with Crippen LogP contribution in [0.1, 0.15) is 31.5 Å². The minimum absolute atomic E-state index is 0.623. The summed E-state index contributed by atoms with van der Waals surface area (Å²) in [6, 6.07) is 3.86. The molecule has 1 aliphatic rings. The number of rotatable bonds is 3. The van der Waals surface area contributed by atoms with Gasteiger partial charge in [-0.15, -0.1) is 5.10 Å². The summed E-state index contributed by atoms with van der Waals surface area (Å²) in [5.41, 5.74) is 2.93. The van der Waals surface area contributed by atoms with Crippen molar-refractivity contribution in [3.8, 4) is 0 Å². The molecule has 0 amide bonds. The average Bonchev–Trinajstić information content (AvgIpc) is 3.19. The lowest BCUT2D eigenvalue weighted by Gasteiger charge is -2.08. The summed E-state index contributed by atoms with van der Waals surface area (Å²) in [6.45, 7) is 0. The van der Waals surface area contributed by atoms with Crippen molar-refractivity contribution in [3.05, 3.63) is 35.3 Å². The summed E-state index contributed by atoms with van der Waals surface area (Å²) in [7, 11) is 1.88. The molecule has 0 unspecified atom stereocenters. The second kappa shape index (κ2) is 5.70. The smallest absolute Gasteiger partial charge is 0.225 e. The molecule has 4 rings (SSSR count). The molecule has 3 aromatic rings. The number of benzene rings is 1. The topological polar surface area (TPSA) is 71.4 Å². The van der Waals surface area contributed by atoms with Gasteiger partial charge in [-0.2, -0.15) is 10.1 Å². The molecule has 2 heterocycles. The van der Waals surface area contributed by atoms with Crippen LogP contribution in [0.4, 0.5) is 11.6 Å². The molecule has 23 heavy (non-hydrogen) atoms. The second-order valence-corrected chi connectivity index (χ2v) is 6.12. The van der Waals surface area contributed by atoms with Gasteiger partial charge in [0.25, 0.3) is 0 Å². The molecule has 0 atom stereocenters. The van der Waals surface area contributed by atoms with Crippen LogP contribution in [0.5, 0.6) is 0 Å². The van der Waals surface area contributed by atoms with E-state index >= 15 is 0 Å². The van der Waals surface area contributed by atoms with Gasteiger partial charge in [-0.05, 0) is 43.4 Å². The number of aromatic nitrogens is 5. The zero-order valence-corrected chi connectivity index (χ0v) is 13.6. The summed E-state index contributed by atoms with van der Waals surface area (Å²) in [5, 5.41) is 16.2. The molecule has 2 N–H and O–H groups in total. The van der Waals surface area contributed by atoms with Crippen molar-refractivity contribution >= 4 is 39.7 Å². The first kappa shape index (κ1) is 14.3. The number of halogens is 1. The fourth-order valence-corrected chi connectivity index (χ4v) is 3.13. The highest BCUT2D eigenvalue weighted by Crippen LogP contribution is 2.32. The molecule has 0 saturated heterocycles. The highest BCUT2D eigenvalue weighted by Gasteiger charge is 2.15. The third-order valence-electron chi connectivity index (χ3n) is 4.15. The van der Waals surface area contributed by atoms with Gasteiger partial charge in [0.15, 0.2) is 5.82 Å².